The maximum absolute atomic E-state index is 12.2. The number of anilines is 2. The van der Waals surface area contributed by atoms with Gasteiger partial charge in [0, 0.05) is 17.1 Å². The van der Waals surface area contributed by atoms with Gasteiger partial charge < -0.3 is 10.6 Å². The summed E-state index contributed by atoms with van der Waals surface area (Å²) in [6.45, 7) is 0. The Kier molecular flexibility index (Phi) is 5.26. The zero-order valence-corrected chi connectivity index (χ0v) is 13.8. The average Bonchev–Trinajstić information content (AvgIpc) is 2.67. The topological polar surface area (TPSA) is 90.5 Å². The fourth-order valence-corrected chi connectivity index (χ4v) is 2.51. The van der Waals surface area contributed by atoms with Crippen LogP contribution in [0, 0.1) is 0 Å². The largest absolute Gasteiger partial charge is 0.323 e. The van der Waals surface area contributed by atoms with Gasteiger partial charge in [-0.05, 0) is 35.2 Å². The SMILES string of the molecule is O=C(C=Cc1ccc(NC(=O)Nc2cccc3ccccc23)cc1)NO. The third-order valence-electron chi connectivity index (χ3n) is 3.74. The molecule has 3 aromatic carbocycles. The third-order valence-corrected chi connectivity index (χ3v) is 3.74. The quantitative estimate of drug-likeness (QED) is 0.327. The molecular formula is C20H17N3O3. The summed E-state index contributed by atoms with van der Waals surface area (Å²) in [5.74, 6) is -0.610. The van der Waals surface area contributed by atoms with Crippen LogP contribution in [-0.2, 0) is 4.79 Å². The molecule has 0 saturated heterocycles. The molecule has 0 saturated carbocycles. The second kappa shape index (κ2) is 7.96. The van der Waals surface area contributed by atoms with Crippen molar-refractivity contribution >= 4 is 40.2 Å². The summed E-state index contributed by atoms with van der Waals surface area (Å²) in [6, 6.07) is 20.1. The molecule has 0 fully saturated rings. The summed E-state index contributed by atoms with van der Waals surface area (Å²) >= 11 is 0. The highest BCUT2D eigenvalue weighted by Gasteiger charge is 2.05. The van der Waals surface area contributed by atoms with E-state index in [9.17, 15) is 9.59 Å². The van der Waals surface area contributed by atoms with Crippen molar-refractivity contribution in [2.24, 2.45) is 0 Å². The molecule has 0 unspecified atom stereocenters. The second-order valence-electron chi connectivity index (χ2n) is 5.54. The highest BCUT2D eigenvalue weighted by molar-refractivity contribution is 6.06. The van der Waals surface area contributed by atoms with Crippen LogP contribution < -0.4 is 16.1 Å². The summed E-state index contributed by atoms with van der Waals surface area (Å²) in [6.07, 6.45) is 2.75. The van der Waals surface area contributed by atoms with Crippen LogP contribution in [0.4, 0.5) is 16.2 Å². The van der Waals surface area contributed by atoms with E-state index in [0.29, 0.717) is 5.69 Å². The number of benzene rings is 3. The van der Waals surface area contributed by atoms with Gasteiger partial charge in [-0.25, -0.2) is 10.3 Å². The summed E-state index contributed by atoms with van der Waals surface area (Å²) in [5.41, 5.74) is 3.62. The monoisotopic (exact) mass is 347 g/mol. The minimum Gasteiger partial charge on any atom is -0.308 e. The van der Waals surface area contributed by atoms with Crippen molar-refractivity contribution in [3.8, 4) is 0 Å². The maximum atomic E-state index is 12.2. The Balaban J connectivity index is 1.66. The van der Waals surface area contributed by atoms with Crippen molar-refractivity contribution in [2.75, 3.05) is 10.6 Å². The Morgan fingerprint density at radius 1 is 0.846 bits per heavy atom. The Bertz CT molecular complexity index is 960. The molecule has 3 amide bonds. The zero-order chi connectivity index (χ0) is 18.4. The first-order valence-corrected chi connectivity index (χ1v) is 7.94. The van der Waals surface area contributed by atoms with Crippen LogP contribution in [0.25, 0.3) is 16.8 Å². The molecule has 0 aromatic heterocycles. The summed E-state index contributed by atoms with van der Waals surface area (Å²) in [7, 11) is 0. The van der Waals surface area contributed by atoms with Gasteiger partial charge in [-0.1, -0.05) is 48.5 Å². The van der Waals surface area contributed by atoms with Crippen molar-refractivity contribution in [2.45, 2.75) is 0 Å². The highest BCUT2D eigenvalue weighted by Crippen LogP contribution is 2.23. The van der Waals surface area contributed by atoms with Crippen molar-refractivity contribution in [1.82, 2.24) is 5.48 Å². The molecule has 0 spiro atoms. The van der Waals surface area contributed by atoms with Crippen LogP contribution in [0.5, 0.6) is 0 Å². The molecular weight excluding hydrogens is 330 g/mol. The zero-order valence-electron chi connectivity index (χ0n) is 13.8. The van der Waals surface area contributed by atoms with Crippen LogP contribution in [0.3, 0.4) is 0 Å². The molecule has 0 aliphatic rings. The smallest absolute Gasteiger partial charge is 0.308 e. The second-order valence-corrected chi connectivity index (χ2v) is 5.54. The fraction of sp³-hybridized carbons (Fsp3) is 0. The number of urea groups is 1. The molecule has 0 atom stereocenters. The van der Waals surface area contributed by atoms with Crippen LogP contribution in [-0.4, -0.2) is 17.1 Å². The maximum Gasteiger partial charge on any atom is 0.323 e. The minimum absolute atomic E-state index is 0.343. The molecule has 4 N–H and O–H groups in total. The molecule has 6 heteroatoms. The molecule has 0 radical (unpaired) electrons. The Hall–Kier alpha value is -3.64. The molecule has 0 bridgehead atoms. The molecule has 0 aliphatic carbocycles. The van der Waals surface area contributed by atoms with E-state index < -0.39 is 5.91 Å². The van der Waals surface area contributed by atoms with E-state index in [0.717, 1.165) is 22.0 Å². The van der Waals surface area contributed by atoms with E-state index in [4.69, 9.17) is 5.21 Å². The number of rotatable bonds is 4. The van der Waals surface area contributed by atoms with Gasteiger partial charge in [0.1, 0.15) is 0 Å². The Labute approximate surface area is 150 Å². The van der Waals surface area contributed by atoms with Crippen molar-refractivity contribution in [3.05, 3.63) is 78.4 Å². The van der Waals surface area contributed by atoms with Crippen LogP contribution in [0.1, 0.15) is 5.56 Å². The van der Waals surface area contributed by atoms with Gasteiger partial charge in [-0.2, -0.15) is 0 Å². The summed E-state index contributed by atoms with van der Waals surface area (Å²) in [5, 5.41) is 16.1. The molecule has 0 aliphatic heterocycles. The first-order valence-electron chi connectivity index (χ1n) is 7.94. The Morgan fingerprint density at radius 3 is 2.35 bits per heavy atom. The van der Waals surface area contributed by atoms with E-state index in [1.54, 1.807) is 30.3 Å². The fourth-order valence-electron chi connectivity index (χ4n) is 2.51. The van der Waals surface area contributed by atoms with E-state index in [1.807, 2.05) is 42.5 Å². The van der Waals surface area contributed by atoms with Crippen molar-refractivity contribution in [3.63, 3.8) is 0 Å². The Morgan fingerprint density at radius 2 is 1.58 bits per heavy atom. The van der Waals surface area contributed by atoms with Crippen LogP contribution in [0.15, 0.2) is 72.8 Å². The average molecular weight is 347 g/mol. The number of hydroxylamine groups is 1. The molecule has 130 valence electrons. The molecule has 0 heterocycles. The third kappa shape index (κ3) is 4.25. The van der Waals surface area contributed by atoms with Gasteiger partial charge in [0.15, 0.2) is 0 Å². The lowest BCUT2D eigenvalue weighted by atomic mass is 10.1. The van der Waals surface area contributed by atoms with Crippen molar-refractivity contribution < 1.29 is 14.8 Å². The van der Waals surface area contributed by atoms with E-state index >= 15 is 0 Å². The number of carbonyl (C=O) groups excluding carboxylic acids is 2. The first-order chi connectivity index (χ1) is 12.7. The molecule has 3 rings (SSSR count). The number of nitrogens with one attached hydrogen (secondary N) is 3. The molecule has 6 nitrogen and oxygen atoms in total. The predicted octanol–water partition coefficient (Wildman–Crippen LogP) is 4.00. The van der Waals surface area contributed by atoms with Gasteiger partial charge in [-0.3, -0.25) is 10.0 Å². The van der Waals surface area contributed by atoms with Gasteiger partial charge in [-0.15, -0.1) is 0 Å². The standard InChI is InChI=1S/C20H17N3O3/c24-19(23-26)13-10-14-8-11-16(12-9-14)21-20(25)22-18-7-3-5-15-4-1-2-6-17(15)18/h1-13,26H,(H,23,24)(H2,21,22,25). The van der Waals surface area contributed by atoms with Crippen molar-refractivity contribution in [1.29, 1.82) is 0 Å². The summed E-state index contributed by atoms with van der Waals surface area (Å²) < 4.78 is 0. The lowest BCUT2D eigenvalue weighted by Gasteiger charge is -2.10. The van der Waals surface area contributed by atoms with Crippen LogP contribution in [0.2, 0.25) is 0 Å². The minimum atomic E-state index is -0.610. The van der Waals surface area contributed by atoms with Gasteiger partial charge in [0.05, 0.1) is 5.69 Å². The lowest BCUT2D eigenvalue weighted by Crippen LogP contribution is -2.19. The first kappa shape index (κ1) is 17.2. The summed E-state index contributed by atoms with van der Waals surface area (Å²) in [4.78, 5) is 23.2. The number of fused-ring (bicyclic) bond motifs is 1. The van der Waals surface area contributed by atoms with E-state index in [-0.39, 0.29) is 6.03 Å². The predicted molar refractivity (Wildman–Crippen MR) is 102 cm³/mol. The van der Waals surface area contributed by atoms with Gasteiger partial charge in [0.2, 0.25) is 0 Å². The highest BCUT2D eigenvalue weighted by atomic mass is 16.5. The number of hydrogen-bond acceptors (Lipinski definition) is 3. The van der Waals surface area contributed by atoms with Gasteiger partial charge >= 0.3 is 6.03 Å². The molecule has 26 heavy (non-hydrogen) atoms. The number of amides is 3. The normalized spacial score (nSPS) is 10.7. The number of carbonyl (C=O) groups is 2. The number of hydrogen-bond donors (Lipinski definition) is 4. The van der Waals surface area contributed by atoms with E-state index in [2.05, 4.69) is 10.6 Å². The lowest BCUT2D eigenvalue weighted by molar-refractivity contribution is -0.124. The van der Waals surface area contributed by atoms with E-state index in [1.165, 1.54) is 11.6 Å². The van der Waals surface area contributed by atoms with Crippen LogP contribution >= 0.6 is 0 Å². The molecule has 3 aromatic rings. The van der Waals surface area contributed by atoms with Gasteiger partial charge in [0.25, 0.3) is 5.91 Å².